The predicted octanol–water partition coefficient (Wildman–Crippen LogP) is 2.63. The molecule has 19 heavy (non-hydrogen) atoms. The Morgan fingerprint density at radius 3 is 2.58 bits per heavy atom. The van der Waals surface area contributed by atoms with E-state index in [9.17, 15) is 0 Å². The van der Waals surface area contributed by atoms with Crippen LogP contribution in [0.4, 0.5) is 0 Å². The lowest BCUT2D eigenvalue weighted by molar-refractivity contribution is 0.0815. The van der Waals surface area contributed by atoms with E-state index in [-0.39, 0.29) is 27.0 Å². The fraction of sp³-hybridized carbons (Fsp3) is 0.600. The Balaban J connectivity index is 0.000000902. The van der Waals surface area contributed by atoms with E-state index in [1.807, 2.05) is 0 Å². The molecule has 4 heteroatoms. The first-order valence-electron chi connectivity index (χ1n) is 6.95. The minimum Gasteiger partial charge on any atom is -0.311 e. The first-order chi connectivity index (χ1) is 8.43. The van der Waals surface area contributed by atoms with Crippen LogP contribution in [0, 0.1) is 0 Å². The number of hydrogen-bond acceptors (Lipinski definition) is 2. The van der Waals surface area contributed by atoms with E-state index >= 15 is 0 Å². The molecule has 2 atom stereocenters. The first-order valence-corrected chi connectivity index (χ1v) is 6.95. The second-order valence-electron chi connectivity index (χ2n) is 5.37. The van der Waals surface area contributed by atoms with Crippen molar-refractivity contribution in [2.24, 2.45) is 0 Å². The molecule has 1 aromatic carbocycles. The topological polar surface area (TPSA) is 15.3 Å². The van der Waals surface area contributed by atoms with Gasteiger partial charge in [-0.15, -0.1) is 0 Å². The molecule has 0 unspecified atom stereocenters. The van der Waals surface area contributed by atoms with Gasteiger partial charge in [-0.1, -0.05) is 43.2 Å². The summed E-state index contributed by atoms with van der Waals surface area (Å²) in [6, 6.07) is 12.4. The Morgan fingerprint density at radius 1 is 1.05 bits per heavy atom. The van der Waals surface area contributed by atoms with Crippen molar-refractivity contribution in [1.82, 2.24) is 10.2 Å². The van der Waals surface area contributed by atoms with Crippen molar-refractivity contribution in [3.8, 4) is 0 Å². The van der Waals surface area contributed by atoms with E-state index in [0.717, 1.165) is 25.2 Å². The van der Waals surface area contributed by atoms with Gasteiger partial charge in [-0.25, -0.2) is 0 Å². The van der Waals surface area contributed by atoms with Gasteiger partial charge in [-0.05, 0) is 18.4 Å². The molecule has 1 saturated carbocycles. The molecular weight excluding hydrogens is 272 g/mol. The average Bonchev–Trinajstić information content (AvgIpc) is 2.40. The molecule has 2 nitrogen and oxygen atoms in total. The highest BCUT2D eigenvalue weighted by molar-refractivity contribution is 7.59. The summed E-state index contributed by atoms with van der Waals surface area (Å²) in [7, 11) is 0. The van der Waals surface area contributed by atoms with E-state index in [1.165, 1.54) is 37.8 Å². The van der Waals surface area contributed by atoms with Crippen LogP contribution in [-0.4, -0.2) is 30.1 Å². The van der Waals surface area contributed by atoms with Crippen LogP contribution in [0.15, 0.2) is 30.3 Å². The van der Waals surface area contributed by atoms with Gasteiger partial charge in [0.1, 0.15) is 0 Å². The largest absolute Gasteiger partial charge is 0.311 e. The molecule has 0 amide bonds. The van der Waals surface area contributed by atoms with E-state index < -0.39 is 0 Å². The zero-order chi connectivity index (χ0) is 11.5. The first kappa shape index (κ1) is 16.9. The fourth-order valence-electron chi connectivity index (χ4n) is 3.36. The van der Waals surface area contributed by atoms with Crippen molar-refractivity contribution in [3.05, 3.63) is 35.9 Å². The van der Waals surface area contributed by atoms with Crippen LogP contribution >= 0.6 is 27.0 Å². The SMILES string of the molecule is S.S.c1ccc(CN2CCN[C@H]3CCCC[C@@H]32)cc1. The third kappa shape index (κ3) is 4.15. The van der Waals surface area contributed by atoms with Gasteiger partial charge < -0.3 is 5.32 Å². The number of hydrogen-bond donors (Lipinski definition) is 1. The van der Waals surface area contributed by atoms with E-state index in [2.05, 4.69) is 40.5 Å². The van der Waals surface area contributed by atoms with E-state index in [0.29, 0.717) is 0 Å². The van der Waals surface area contributed by atoms with Crippen LogP contribution < -0.4 is 5.32 Å². The lowest BCUT2D eigenvalue weighted by Gasteiger charge is -2.44. The lowest BCUT2D eigenvalue weighted by atomic mass is 9.87. The van der Waals surface area contributed by atoms with Crippen LogP contribution in [0.5, 0.6) is 0 Å². The maximum atomic E-state index is 3.70. The number of nitrogens with zero attached hydrogens (tertiary/aromatic N) is 1. The second-order valence-corrected chi connectivity index (χ2v) is 5.37. The molecule has 1 saturated heterocycles. The molecule has 2 aliphatic rings. The molecule has 0 aromatic heterocycles. The van der Waals surface area contributed by atoms with Gasteiger partial charge in [-0.3, -0.25) is 4.90 Å². The van der Waals surface area contributed by atoms with Crippen molar-refractivity contribution >= 4 is 27.0 Å². The second kappa shape index (κ2) is 8.20. The van der Waals surface area contributed by atoms with Gasteiger partial charge in [-0.2, -0.15) is 27.0 Å². The summed E-state index contributed by atoms with van der Waals surface area (Å²) in [5.41, 5.74) is 1.46. The Bertz CT molecular complexity index is 356. The zero-order valence-corrected chi connectivity index (χ0v) is 13.4. The Kier molecular flexibility index (Phi) is 7.29. The van der Waals surface area contributed by atoms with Gasteiger partial charge >= 0.3 is 0 Å². The van der Waals surface area contributed by atoms with Gasteiger partial charge in [0.05, 0.1) is 0 Å². The van der Waals surface area contributed by atoms with Crippen LogP contribution in [0.3, 0.4) is 0 Å². The summed E-state index contributed by atoms with van der Waals surface area (Å²) in [5.74, 6) is 0. The molecule has 3 rings (SSSR count). The molecule has 1 heterocycles. The highest BCUT2D eigenvalue weighted by Crippen LogP contribution is 2.26. The molecule has 1 aromatic rings. The van der Waals surface area contributed by atoms with Crippen LogP contribution in [0.1, 0.15) is 31.2 Å². The molecule has 2 fully saturated rings. The fourth-order valence-corrected chi connectivity index (χ4v) is 3.36. The van der Waals surface area contributed by atoms with Crippen molar-refractivity contribution in [2.45, 2.75) is 44.3 Å². The van der Waals surface area contributed by atoms with Gasteiger partial charge in [0.2, 0.25) is 0 Å². The average molecular weight is 299 g/mol. The maximum absolute atomic E-state index is 3.70. The summed E-state index contributed by atoms with van der Waals surface area (Å²) in [6.07, 6.45) is 5.57. The molecule has 0 radical (unpaired) electrons. The third-order valence-corrected chi connectivity index (χ3v) is 4.23. The number of benzene rings is 1. The standard InChI is InChI=1S/C15H22N2.2H2S/c1-2-6-13(7-3-1)12-17-11-10-16-14-8-4-5-9-15(14)17;;/h1-3,6-7,14-16H,4-5,8-12H2;2*1H2/t14-,15-;;/m0../s1. The highest BCUT2D eigenvalue weighted by Gasteiger charge is 2.32. The van der Waals surface area contributed by atoms with Gasteiger partial charge in [0.25, 0.3) is 0 Å². The molecule has 108 valence electrons. The summed E-state index contributed by atoms with van der Waals surface area (Å²) >= 11 is 0. The monoisotopic (exact) mass is 298 g/mol. The maximum Gasteiger partial charge on any atom is 0.0253 e. The summed E-state index contributed by atoms with van der Waals surface area (Å²) in [6.45, 7) is 3.49. The third-order valence-electron chi connectivity index (χ3n) is 4.23. The van der Waals surface area contributed by atoms with Gasteiger partial charge in [0.15, 0.2) is 0 Å². The minimum absolute atomic E-state index is 0. The van der Waals surface area contributed by atoms with Crippen LogP contribution in [0.25, 0.3) is 0 Å². The summed E-state index contributed by atoms with van der Waals surface area (Å²) in [4.78, 5) is 2.69. The number of rotatable bonds is 2. The molecular formula is C15H26N2S2. The number of nitrogens with one attached hydrogen (secondary N) is 1. The van der Waals surface area contributed by atoms with Gasteiger partial charge in [0, 0.05) is 31.7 Å². The van der Waals surface area contributed by atoms with Crippen molar-refractivity contribution in [1.29, 1.82) is 0 Å². The summed E-state index contributed by atoms with van der Waals surface area (Å²) < 4.78 is 0. The number of fused-ring (bicyclic) bond motifs is 1. The van der Waals surface area contributed by atoms with Crippen LogP contribution in [0.2, 0.25) is 0 Å². The highest BCUT2D eigenvalue weighted by atomic mass is 32.1. The van der Waals surface area contributed by atoms with Crippen LogP contribution in [-0.2, 0) is 6.54 Å². The molecule has 0 spiro atoms. The van der Waals surface area contributed by atoms with Crippen molar-refractivity contribution < 1.29 is 0 Å². The molecule has 1 aliphatic heterocycles. The Hall–Kier alpha value is -0.160. The normalized spacial score (nSPS) is 26.7. The molecule has 1 N–H and O–H groups in total. The zero-order valence-electron chi connectivity index (χ0n) is 11.4. The van der Waals surface area contributed by atoms with Crippen molar-refractivity contribution in [3.63, 3.8) is 0 Å². The Morgan fingerprint density at radius 2 is 1.79 bits per heavy atom. The Labute approximate surface area is 130 Å². The minimum atomic E-state index is 0. The smallest absolute Gasteiger partial charge is 0.0253 e. The van der Waals surface area contributed by atoms with E-state index in [4.69, 9.17) is 0 Å². The lowest BCUT2D eigenvalue weighted by Crippen LogP contribution is -2.58. The van der Waals surface area contributed by atoms with Crippen molar-refractivity contribution in [2.75, 3.05) is 13.1 Å². The summed E-state index contributed by atoms with van der Waals surface area (Å²) in [5, 5.41) is 3.70. The molecule has 0 bridgehead atoms. The number of piperazine rings is 1. The van der Waals surface area contributed by atoms with E-state index in [1.54, 1.807) is 0 Å². The quantitative estimate of drug-likeness (QED) is 0.903. The predicted molar refractivity (Wildman–Crippen MR) is 91.7 cm³/mol. The molecule has 1 aliphatic carbocycles.